The topological polar surface area (TPSA) is 128 Å². The van der Waals surface area contributed by atoms with E-state index in [-0.39, 0.29) is 43.8 Å². The van der Waals surface area contributed by atoms with Crippen LogP contribution in [0, 0.1) is 5.92 Å². The van der Waals surface area contributed by atoms with E-state index in [1.165, 1.54) is 16.7 Å². The van der Waals surface area contributed by atoms with Gasteiger partial charge in [0.25, 0.3) is 5.91 Å². The van der Waals surface area contributed by atoms with Crippen molar-refractivity contribution in [1.29, 1.82) is 0 Å². The van der Waals surface area contributed by atoms with Gasteiger partial charge in [0.1, 0.15) is 0 Å². The molecule has 42 heavy (non-hydrogen) atoms. The van der Waals surface area contributed by atoms with Crippen molar-refractivity contribution in [2.24, 2.45) is 5.92 Å². The predicted octanol–water partition coefficient (Wildman–Crippen LogP) is 2.56. The number of carbonyl (C=O) groups excluding carboxylic acids is 4. The molecule has 10 nitrogen and oxygen atoms in total. The molecule has 2 aromatic carbocycles. The standard InChI is InChI=1S/C32H35N3O7/c1-4-14-33-27-13-12-24(35-29(39)17-30(35)42-21(3)37)16-26(27)32(41,31(33)40)20(2)8-7-11-28(38)34-18-23-10-6-5-9-22(23)15-25(34)19-36/h4-10,12-13,16,20,25,30,36,41H,1,11,14-15,17-19H2,2-3H3/b8-7+/t20-,25-,30?,32+/m0/s1. The number of amides is 3. The van der Waals surface area contributed by atoms with Crippen molar-refractivity contribution < 1.29 is 34.1 Å². The van der Waals surface area contributed by atoms with Gasteiger partial charge in [-0.3, -0.25) is 24.1 Å². The largest absolute Gasteiger partial charge is 0.441 e. The first-order valence-corrected chi connectivity index (χ1v) is 14.0. The van der Waals surface area contributed by atoms with Gasteiger partial charge in [-0.2, -0.15) is 0 Å². The van der Waals surface area contributed by atoms with Gasteiger partial charge >= 0.3 is 5.97 Å². The van der Waals surface area contributed by atoms with Crippen LogP contribution < -0.4 is 9.80 Å². The van der Waals surface area contributed by atoms with E-state index in [1.54, 1.807) is 48.3 Å². The molecule has 0 saturated carbocycles. The number of benzene rings is 2. The van der Waals surface area contributed by atoms with Crippen LogP contribution in [0.1, 0.15) is 43.4 Å². The number of anilines is 2. The van der Waals surface area contributed by atoms with Crippen LogP contribution in [0.5, 0.6) is 0 Å². The van der Waals surface area contributed by atoms with Crippen LogP contribution in [-0.4, -0.2) is 64.2 Å². The Balaban J connectivity index is 1.38. The minimum atomic E-state index is -1.98. The van der Waals surface area contributed by atoms with E-state index < -0.39 is 29.6 Å². The number of esters is 1. The summed E-state index contributed by atoms with van der Waals surface area (Å²) >= 11 is 0. The molecule has 10 heteroatoms. The minimum Gasteiger partial charge on any atom is -0.441 e. The fourth-order valence-electron chi connectivity index (χ4n) is 6.05. The van der Waals surface area contributed by atoms with E-state index in [4.69, 9.17) is 4.74 Å². The summed E-state index contributed by atoms with van der Waals surface area (Å²) in [6, 6.07) is 12.4. The normalized spacial score (nSPS) is 23.9. The number of rotatable bonds is 9. The lowest BCUT2D eigenvalue weighted by atomic mass is 9.82. The number of nitrogens with zero attached hydrogens (tertiary/aromatic N) is 3. The second-order valence-electron chi connectivity index (χ2n) is 11.0. The van der Waals surface area contributed by atoms with Gasteiger partial charge in [-0.05, 0) is 35.7 Å². The Morgan fingerprint density at radius 2 is 1.90 bits per heavy atom. The van der Waals surface area contributed by atoms with Gasteiger partial charge in [-0.1, -0.05) is 49.4 Å². The number of hydrogen-bond donors (Lipinski definition) is 2. The Kier molecular flexibility index (Phi) is 8.03. The Hall–Kier alpha value is -4.28. The monoisotopic (exact) mass is 573 g/mol. The zero-order chi connectivity index (χ0) is 30.2. The summed E-state index contributed by atoms with van der Waals surface area (Å²) in [4.78, 5) is 55.2. The number of β-lactam (4-membered cyclic amide) rings is 1. The summed E-state index contributed by atoms with van der Waals surface area (Å²) in [7, 11) is 0. The molecule has 3 heterocycles. The Morgan fingerprint density at radius 1 is 1.17 bits per heavy atom. The first kappa shape index (κ1) is 29.2. The summed E-state index contributed by atoms with van der Waals surface area (Å²) in [5, 5.41) is 21.9. The van der Waals surface area contributed by atoms with Crippen molar-refractivity contribution in [2.75, 3.05) is 23.0 Å². The molecule has 0 spiro atoms. The zero-order valence-corrected chi connectivity index (χ0v) is 23.7. The molecule has 0 bridgehead atoms. The van der Waals surface area contributed by atoms with E-state index >= 15 is 0 Å². The first-order valence-electron chi connectivity index (χ1n) is 14.0. The Labute approximate surface area is 244 Å². The fraction of sp³-hybridized carbons (Fsp3) is 0.375. The van der Waals surface area contributed by atoms with E-state index in [0.717, 1.165) is 11.1 Å². The lowest BCUT2D eigenvalue weighted by Gasteiger charge is -2.39. The average molecular weight is 574 g/mol. The average Bonchev–Trinajstić information content (AvgIpc) is 3.18. The molecule has 1 saturated heterocycles. The maximum atomic E-state index is 13.6. The van der Waals surface area contributed by atoms with Gasteiger partial charge < -0.3 is 24.7 Å². The number of aliphatic hydroxyl groups is 2. The molecule has 220 valence electrons. The van der Waals surface area contributed by atoms with Crippen molar-refractivity contribution in [3.63, 3.8) is 0 Å². The number of aliphatic hydroxyl groups excluding tert-OH is 1. The quantitative estimate of drug-likeness (QED) is 0.268. The highest BCUT2D eigenvalue weighted by Gasteiger charge is 2.53. The highest BCUT2D eigenvalue weighted by Crippen LogP contribution is 2.47. The first-order chi connectivity index (χ1) is 20.1. The lowest BCUT2D eigenvalue weighted by Crippen LogP contribution is -2.55. The molecule has 3 aliphatic heterocycles. The van der Waals surface area contributed by atoms with Crippen LogP contribution in [0.4, 0.5) is 11.4 Å². The molecule has 3 aliphatic rings. The third-order valence-electron chi connectivity index (χ3n) is 8.31. The molecule has 0 aliphatic carbocycles. The zero-order valence-electron chi connectivity index (χ0n) is 23.7. The van der Waals surface area contributed by atoms with Crippen LogP contribution >= 0.6 is 0 Å². The van der Waals surface area contributed by atoms with Crippen LogP contribution in [-0.2, 0) is 42.5 Å². The van der Waals surface area contributed by atoms with Crippen molar-refractivity contribution in [1.82, 2.24) is 4.90 Å². The predicted molar refractivity (Wildman–Crippen MR) is 155 cm³/mol. The smallest absolute Gasteiger partial charge is 0.304 e. The van der Waals surface area contributed by atoms with Crippen molar-refractivity contribution in [3.8, 4) is 0 Å². The van der Waals surface area contributed by atoms with Crippen molar-refractivity contribution >= 4 is 35.1 Å². The van der Waals surface area contributed by atoms with E-state index in [9.17, 15) is 29.4 Å². The van der Waals surface area contributed by atoms with Crippen LogP contribution in [0.15, 0.2) is 67.3 Å². The molecule has 2 N–H and O–H groups in total. The fourth-order valence-corrected chi connectivity index (χ4v) is 6.05. The lowest BCUT2D eigenvalue weighted by molar-refractivity contribution is -0.154. The molecule has 0 radical (unpaired) electrons. The van der Waals surface area contributed by atoms with Gasteiger partial charge in [0, 0.05) is 43.6 Å². The summed E-state index contributed by atoms with van der Waals surface area (Å²) < 4.78 is 5.23. The Morgan fingerprint density at radius 3 is 2.57 bits per heavy atom. The Bertz CT molecular complexity index is 1470. The summed E-state index contributed by atoms with van der Waals surface area (Å²) in [5.41, 5.74) is 1.38. The number of carbonyl (C=O) groups is 4. The third kappa shape index (κ3) is 5.01. The SMILES string of the molecule is C=CCN1C(=O)[C@@](O)([C@@H](C)/C=C/CC(=O)N2Cc3ccccc3C[C@H]2CO)c2cc(N3C(=O)CC3OC(C)=O)ccc21. The van der Waals surface area contributed by atoms with Crippen molar-refractivity contribution in [2.45, 2.75) is 57.5 Å². The molecule has 0 aromatic heterocycles. The third-order valence-corrected chi connectivity index (χ3v) is 8.31. The van der Waals surface area contributed by atoms with E-state index in [1.807, 2.05) is 24.3 Å². The van der Waals surface area contributed by atoms with Gasteiger partial charge in [0.05, 0.1) is 24.8 Å². The highest BCUT2D eigenvalue weighted by molar-refractivity contribution is 6.09. The molecule has 1 unspecified atom stereocenters. The van der Waals surface area contributed by atoms with Crippen LogP contribution in [0.3, 0.4) is 0 Å². The molecule has 3 amide bonds. The maximum Gasteiger partial charge on any atom is 0.304 e. The number of ether oxygens (including phenoxy) is 1. The second kappa shape index (κ2) is 11.5. The molecule has 5 rings (SSSR count). The van der Waals surface area contributed by atoms with Gasteiger partial charge in [0.2, 0.25) is 11.8 Å². The number of fused-ring (bicyclic) bond motifs is 2. The van der Waals surface area contributed by atoms with E-state index in [0.29, 0.717) is 29.9 Å². The maximum absolute atomic E-state index is 13.6. The summed E-state index contributed by atoms with van der Waals surface area (Å²) in [6.45, 7) is 7.11. The molecule has 2 aromatic rings. The summed E-state index contributed by atoms with van der Waals surface area (Å²) in [6.07, 6.45) is 4.75. The molecular weight excluding hydrogens is 538 g/mol. The minimum absolute atomic E-state index is 0.0306. The van der Waals surface area contributed by atoms with Crippen LogP contribution in [0.2, 0.25) is 0 Å². The van der Waals surface area contributed by atoms with Gasteiger partial charge in [-0.15, -0.1) is 6.58 Å². The molecule has 1 fully saturated rings. The molecular formula is C32H35N3O7. The second-order valence-corrected chi connectivity index (χ2v) is 11.0. The van der Waals surface area contributed by atoms with Gasteiger partial charge in [0.15, 0.2) is 11.8 Å². The molecule has 4 atom stereocenters. The highest BCUT2D eigenvalue weighted by atomic mass is 16.6. The van der Waals surface area contributed by atoms with Gasteiger partial charge in [-0.25, -0.2) is 0 Å². The van der Waals surface area contributed by atoms with E-state index in [2.05, 4.69) is 6.58 Å². The summed E-state index contributed by atoms with van der Waals surface area (Å²) in [5.74, 6) is -2.22. The van der Waals surface area contributed by atoms with Crippen molar-refractivity contribution in [3.05, 3.63) is 84.0 Å². The van der Waals surface area contributed by atoms with Crippen LogP contribution in [0.25, 0.3) is 0 Å². The number of hydrogen-bond acceptors (Lipinski definition) is 7.